The van der Waals surface area contributed by atoms with Gasteiger partial charge in [-0.1, -0.05) is 0 Å². The van der Waals surface area contributed by atoms with Crippen molar-refractivity contribution in [1.82, 2.24) is 14.5 Å². The normalized spacial score (nSPS) is 27.5. The number of rotatable bonds is 3. The van der Waals surface area contributed by atoms with Crippen molar-refractivity contribution in [2.75, 3.05) is 26.1 Å². The number of carbonyl (C=O) groups excluding carboxylic acids is 1. The molecule has 2 aromatic rings. The van der Waals surface area contributed by atoms with Crippen LogP contribution >= 0.6 is 0 Å². The van der Waals surface area contributed by atoms with E-state index < -0.39 is 30.5 Å². The van der Waals surface area contributed by atoms with E-state index in [9.17, 15) is 20.1 Å². The number of aliphatic hydroxyl groups is 3. The molecule has 3 heterocycles. The Kier molecular flexibility index (Phi) is 3.68. The van der Waals surface area contributed by atoms with E-state index in [1.807, 2.05) is 0 Å². The summed E-state index contributed by atoms with van der Waals surface area (Å²) in [6, 6.07) is 0. The lowest BCUT2D eigenvalue weighted by Crippen LogP contribution is -2.48. The van der Waals surface area contributed by atoms with Gasteiger partial charge in [-0.25, -0.2) is 14.8 Å². The summed E-state index contributed by atoms with van der Waals surface area (Å²) in [6.45, 7) is -0.838. The number of nitrogens with two attached hydrogens (primary N) is 1. The zero-order valence-electron chi connectivity index (χ0n) is 12.2. The van der Waals surface area contributed by atoms with Crippen LogP contribution in [0.5, 0.6) is 0 Å². The zero-order chi connectivity index (χ0) is 16.8. The molecule has 0 aliphatic carbocycles. The number of hydrogen-bond acceptors (Lipinski definition) is 9. The van der Waals surface area contributed by atoms with Gasteiger partial charge >= 0.3 is 5.97 Å². The van der Waals surface area contributed by atoms with Gasteiger partial charge < -0.3 is 30.5 Å². The van der Waals surface area contributed by atoms with Gasteiger partial charge in [0.15, 0.2) is 5.72 Å². The molecule has 1 aliphatic heterocycles. The maximum Gasteiger partial charge on any atom is 0.340 e. The molecule has 3 rings (SSSR count). The van der Waals surface area contributed by atoms with E-state index in [4.69, 9.17) is 15.2 Å². The largest absolute Gasteiger partial charge is 0.465 e. The first-order valence-corrected chi connectivity index (χ1v) is 6.77. The number of aliphatic hydroxyl groups excluding tert-OH is 3. The number of aromatic nitrogens is 3. The van der Waals surface area contributed by atoms with Crippen molar-refractivity contribution in [1.29, 1.82) is 0 Å². The van der Waals surface area contributed by atoms with Crippen LogP contribution in [0.15, 0.2) is 12.5 Å². The number of methoxy groups -OCH3 is 1. The molecule has 10 nitrogen and oxygen atoms in total. The predicted octanol–water partition coefficient (Wildman–Crippen LogP) is -1.80. The Bertz CT molecular complexity index is 762. The molecule has 2 aromatic heterocycles. The molecule has 124 valence electrons. The molecule has 0 radical (unpaired) electrons. The van der Waals surface area contributed by atoms with Crippen molar-refractivity contribution in [2.24, 2.45) is 0 Å². The average molecular weight is 324 g/mol. The highest BCUT2D eigenvalue weighted by molar-refractivity contribution is 6.07. The second-order valence-corrected chi connectivity index (χ2v) is 5.19. The average Bonchev–Trinajstić information content (AvgIpc) is 3.08. The second kappa shape index (κ2) is 5.42. The minimum atomic E-state index is -1.69. The molecule has 10 heteroatoms. The number of nitrogen functional groups attached to an aromatic ring is 1. The van der Waals surface area contributed by atoms with Crippen molar-refractivity contribution in [2.45, 2.75) is 17.9 Å². The number of fused-ring (bicyclic) bond motifs is 1. The summed E-state index contributed by atoms with van der Waals surface area (Å²) in [7, 11) is 1.21. The number of anilines is 1. The molecular weight excluding hydrogens is 308 g/mol. The monoisotopic (exact) mass is 324 g/mol. The summed E-state index contributed by atoms with van der Waals surface area (Å²) in [4.78, 5) is 19.9. The summed E-state index contributed by atoms with van der Waals surface area (Å²) in [5, 5.41) is 30.0. The van der Waals surface area contributed by atoms with Gasteiger partial charge in [0, 0.05) is 6.20 Å². The Hall–Kier alpha value is -2.27. The minimum Gasteiger partial charge on any atom is -0.465 e. The molecule has 1 fully saturated rings. The molecular formula is C13H16N4O6. The third-order valence-corrected chi connectivity index (χ3v) is 3.98. The van der Waals surface area contributed by atoms with Crippen LogP contribution < -0.4 is 5.73 Å². The van der Waals surface area contributed by atoms with Gasteiger partial charge in [0.1, 0.15) is 30.0 Å². The highest BCUT2D eigenvalue weighted by atomic mass is 16.6. The van der Waals surface area contributed by atoms with E-state index >= 15 is 0 Å². The van der Waals surface area contributed by atoms with Crippen molar-refractivity contribution in [3.63, 3.8) is 0 Å². The fourth-order valence-electron chi connectivity index (χ4n) is 2.77. The maximum absolute atomic E-state index is 12.0. The van der Waals surface area contributed by atoms with Gasteiger partial charge in [-0.15, -0.1) is 0 Å². The number of esters is 1. The Balaban J connectivity index is 2.30. The lowest BCUT2D eigenvalue weighted by atomic mass is 10.1. The molecule has 5 N–H and O–H groups in total. The number of nitrogens with zero attached hydrogens (tertiary/aromatic N) is 3. The van der Waals surface area contributed by atoms with Gasteiger partial charge in [-0.3, -0.25) is 4.57 Å². The van der Waals surface area contributed by atoms with Gasteiger partial charge in [0.25, 0.3) is 0 Å². The van der Waals surface area contributed by atoms with E-state index in [2.05, 4.69) is 9.97 Å². The van der Waals surface area contributed by atoms with E-state index in [0.717, 1.165) is 0 Å². The van der Waals surface area contributed by atoms with Crippen molar-refractivity contribution in [3.05, 3.63) is 18.1 Å². The molecule has 0 saturated carbocycles. The summed E-state index contributed by atoms with van der Waals surface area (Å²) in [6.07, 6.45) is -0.137. The Morgan fingerprint density at radius 2 is 2.30 bits per heavy atom. The van der Waals surface area contributed by atoms with Crippen LogP contribution in [0.1, 0.15) is 10.4 Å². The Morgan fingerprint density at radius 1 is 1.57 bits per heavy atom. The molecule has 0 spiro atoms. The van der Waals surface area contributed by atoms with Crippen LogP contribution in [0.25, 0.3) is 11.0 Å². The maximum atomic E-state index is 12.0. The third-order valence-electron chi connectivity index (χ3n) is 3.98. The van der Waals surface area contributed by atoms with Gasteiger partial charge in [-0.05, 0) is 0 Å². The summed E-state index contributed by atoms with van der Waals surface area (Å²) < 4.78 is 11.4. The van der Waals surface area contributed by atoms with Crippen molar-refractivity contribution < 1.29 is 29.6 Å². The van der Waals surface area contributed by atoms with E-state index in [1.54, 1.807) is 0 Å². The highest BCUT2D eigenvalue weighted by Crippen LogP contribution is 2.36. The summed E-state index contributed by atoms with van der Waals surface area (Å²) in [5.74, 6) is -0.647. The molecule has 23 heavy (non-hydrogen) atoms. The van der Waals surface area contributed by atoms with Crippen LogP contribution in [-0.4, -0.2) is 68.4 Å². The first-order valence-electron chi connectivity index (χ1n) is 6.77. The summed E-state index contributed by atoms with van der Waals surface area (Å²) >= 11 is 0. The lowest BCUT2D eigenvalue weighted by Gasteiger charge is -2.31. The quantitative estimate of drug-likeness (QED) is 0.479. The molecule has 1 saturated heterocycles. The van der Waals surface area contributed by atoms with Crippen LogP contribution in [0.4, 0.5) is 5.82 Å². The molecule has 0 aromatic carbocycles. The third kappa shape index (κ3) is 2.07. The minimum absolute atomic E-state index is 0.0373. The number of ether oxygens (including phenoxy) is 2. The van der Waals surface area contributed by atoms with Gasteiger partial charge in [0.05, 0.1) is 31.3 Å². The SMILES string of the molecule is COC(=O)c1cn([C@@]2(CO)OC[C@H](O)[C@@H]2O)c2ncnc(N)c12. The van der Waals surface area contributed by atoms with E-state index in [0.29, 0.717) is 0 Å². The van der Waals surface area contributed by atoms with Crippen LogP contribution in [0.2, 0.25) is 0 Å². The lowest BCUT2D eigenvalue weighted by molar-refractivity contribution is -0.149. The Morgan fingerprint density at radius 3 is 2.87 bits per heavy atom. The first kappa shape index (κ1) is 15.6. The second-order valence-electron chi connectivity index (χ2n) is 5.19. The van der Waals surface area contributed by atoms with Crippen molar-refractivity contribution >= 4 is 22.8 Å². The zero-order valence-corrected chi connectivity index (χ0v) is 12.2. The topological polar surface area (TPSA) is 153 Å². The van der Waals surface area contributed by atoms with Crippen LogP contribution in [0, 0.1) is 0 Å². The fraction of sp³-hybridized carbons (Fsp3) is 0.462. The van der Waals surface area contributed by atoms with Crippen LogP contribution in [0.3, 0.4) is 0 Å². The molecule has 0 bridgehead atoms. The molecule has 0 amide bonds. The van der Waals surface area contributed by atoms with Gasteiger partial charge in [-0.2, -0.15) is 0 Å². The van der Waals surface area contributed by atoms with E-state index in [-0.39, 0.29) is 29.0 Å². The number of carbonyl (C=O) groups is 1. The van der Waals surface area contributed by atoms with Crippen LogP contribution in [-0.2, 0) is 15.2 Å². The summed E-state index contributed by atoms with van der Waals surface area (Å²) in [5.41, 5.74) is 4.36. The molecule has 0 unspecified atom stereocenters. The standard InChI is InChI=1S/C13H16N4O6/c1-22-12(21)6-2-17(11-8(6)10(14)15-5-16-11)13(4-18)9(20)7(19)3-23-13/h2,5,7,9,18-20H,3-4H2,1H3,(H2,14,15,16)/t7-,9-,13-/m0/s1. The number of hydrogen-bond donors (Lipinski definition) is 4. The molecule has 1 aliphatic rings. The predicted molar refractivity (Wildman–Crippen MR) is 76.3 cm³/mol. The van der Waals surface area contributed by atoms with Crippen molar-refractivity contribution in [3.8, 4) is 0 Å². The highest BCUT2D eigenvalue weighted by Gasteiger charge is 2.51. The Labute approximate surface area is 130 Å². The smallest absolute Gasteiger partial charge is 0.340 e. The van der Waals surface area contributed by atoms with Gasteiger partial charge in [0.2, 0.25) is 0 Å². The van der Waals surface area contributed by atoms with E-state index in [1.165, 1.54) is 24.2 Å². The molecule has 3 atom stereocenters. The fourth-order valence-corrected chi connectivity index (χ4v) is 2.77. The first-order chi connectivity index (χ1) is 11.0.